The lowest BCUT2D eigenvalue weighted by Gasteiger charge is -2.24. The Morgan fingerprint density at radius 3 is 0.963 bits per heavy atom. The van der Waals surface area contributed by atoms with Crippen molar-refractivity contribution in [3.05, 3.63) is 227 Å². The fraction of sp³-hybridized carbons (Fsp3) is 0.480. The minimum Gasteiger partial charge on any atom is -0.243 e. The van der Waals surface area contributed by atoms with Crippen LogP contribution in [0.2, 0.25) is 25.1 Å². The molecule has 0 amide bonds. The molecule has 23 nitrogen and oxygen atoms in total. The molecule has 0 atom stereocenters. The summed E-state index contributed by atoms with van der Waals surface area (Å²) in [6, 6.07) is 40.6. The van der Waals surface area contributed by atoms with Crippen molar-refractivity contribution in [2.75, 3.05) is 0 Å². The molecule has 0 aliphatic heterocycles. The van der Waals surface area contributed by atoms with Crippen molar-refractivity contribution in [2.45, 2.75) is 352 Å². The maximum atomic E-state index is 12.7. The Morgan fingerprint density at radius 1 is 0.281 bits per heavy atom. The summed E-state index contributed by atoms with van der Waals surface area (Å²) >= 11 is 30.8. The quantitative estimate of drug-likeness (QED) is 0.0251. The van der Waals surface area contributed by atoms with E-state index in [-0.39, 0.29) is 82.5 Å². The van der Waals surface area contributed by atoms with Gasteiger partial charge in [0.2, 0.25) is 50.1 Å². The molecule has 0 saturated heterocycles. The second kappa shape index (κ2) is 49.9. The largest absolute Gasteiger partial charge is 0.259 e. The lowest BCUT2D eigenvalue weighted by Crippen LogP contribution is -2.43. The van der Waals surface area contributed by atoms with Crippen LogP contribution in [0.15, 0.2) is 186 Å². The number of aromatic nitrogens is 2. The van der Waals surface area contributed by atoms with Gasteiger partial charge in [-0.25, -0.2) is 102 Å². The summed E-state index contributed by atoms with van der Waals surface area (Å²) in [5.41, 5.74) is 7.00. The van der Waals surface area contributed by atoms with Gasteiger partial charge in [-0.05, 0) is 275 Å². The molecule has 750 valence electrons. The normalized spacial score (nSPS) is 12.7. The predicted molar refractivity (Wildman–Crippen MR) is 563 cm³/mol. The monoisotopic (exact) mass is 2090 g/mol. The number of rotatable bonds is 27. The molecule has 7 N–H and O–H groups in total. The number of hydrogen-bond donors (Lipinski definition) is 7. The Bertz CT molecular complexity index is 6400. The average molecular weight is 2100 g/mol. The molecule has 0 aliphatic carbocycles. The van der Waals surface area contributed by atoms with Gasteiger partial charge in [-0.2, -0.15) is 0 Å². The van der Waals surface area contributed by atoms with Gasteiger partial charge < -0.3 is 0 Å². The summed E-state index contributed by atoms with van der Waals surface area (Å²) in [5.74, 6) is 1.97. The number of hydrogen-bond acceptors (Lipinski definition) is 16. The zero-order chi connectivity index (χ0) is 104. The Balaban J connectivity index is 0.000000330. The van der Waals surface area contributed by atoms with Gasteiger partial charge in [-0.15, -0.1) is 0 Å². The van der Waals surface area contributed by atoms with Crippen LogP contribution < -0.4 is 33.1 Å². The zero-order valence-electron chi connectivity index (χ0n) is 84.3. The number of fused-ring (bicyclic) bond motifs is 3. The van der Waals surface area contributed by atoms with Crippen molar-refractivity contribution in [1.82, 2.24) is 43.0 Å². The fourth-order valence-electron chi connectivity index (χ4n) is 13.9. The second-order valence-corrected chi connectivity index (χ2v) is 52.7. The van der Waals surface area contributed by atoms with Crippen LogP contribution >= 0.6 is 58.0 Å². The lowest BCUT2D eigenvalue weighted by atomic mass is 9.96. The molecule has 10 aromatic rings. The fourth-order valence-corrected chi connectivity index (χ4v) is 26.5. The van der Waals surface area contributed by atoms with Gasteiger partial charge in [-0.1, -0.05) is 265 Å². The van der Waals surface area contributed by atoms with Crippen LogP contribution in [0.4, 0.5) is 0 Å². The summed E-state index contributed by atoms with van der Waals surface area (Å²) in [6.07, 6.45) is 4.05. The zero-order valence-corrected chi connectivity index (χ0v) is 93.8. The van der Waals surface area contributed by atoms with E-state index in [0.29, 0.717) is 65.5 Å². The van der Waals surface area contributed by atoms with Crippen LogP contribution in [0.1, 0.15) is 313 Å². The molecule has 0 aliphatic rings. The molecule has 0 saturated carbocycles. The van der Waals surface area contributed by atoms with Gasteiger partial charge in [0.15, 0.2) is 10.1 Å². The molecule has 0 bridgehead atoms. The van der Waals surface area contributed by atoms with Crippen molar-refractivity contribution in [3.63, 3.8) is 0 Å². The highest BCUT2D eigenvalue weighted by molar-refractivity contribution is 7.91. The SMILES string of the molecule is CC(C)NS(=O)(=O)c1ccc(C(C)C)c(Cl)c1Cl.CC(C)NS(=O)(=O)c1ccc(C(C)C)c2ccccc12.CC(C)NS(=O)(=O)c1ncc(C(C)C)c2ccccc12.CC(C)c1ccc(S(=O)(=O)NC(C)(C)C)cc1Cl.CCC(C)(C)NS(=O)(=O)c1ncc(C(C)C)c2ccccc12.Cc1c(C(C)C)ccc(S(=O)(=O)NC(C)(C)C)c1Cl.Cc1c(S(=O)(=O)NC(C)C)ccc(C(C)C)c1Cl. The number of sulfonamides is 7. The summed E-state index contributed by atoms with van der Waals surface area (Å²) in [5, 5.41) is 6.96. The molecule has 135 heavy (non-hydrogen) atoms. The molecular formula is C100H144Cl5N9O14S7. The van der Waals surface area contributed by atoms with E-state index in [9.17, 15) is 58.9 Å². The number of pyridine rings is 2. The first kappa shape index (κ1) is 121. The van der Waals surface area contributed by atoms with Crippen molar-refractivity contribution < 1.29 is 58.9 Å². The third kappa shape index (κ3) is 34.8. The van der Waals surface area contributed by atoms with Crippen LogP contribution in [0.25, 0.3) is 32.3 Å². The molecule has 0 radical (unpaired) electrons. The molecule has 2 aromatic heterocycles. The number of benzene rings is 8. The Hall–Kier alpha value is -6.34. The van der Waals surface area contributed by atoms with Gasteiger partial charge >= 0.3 is 0 Å². The summed E-state index contributed by atoms with van der Waals surface area (Å²) in [7, 11) is -25.0. The van der Waals surface area contributed by atoms with Crippen molar-refractivity contribution in [3.8, 4) is 0 Å². The maximum Gasteiger partial charge on any atom is 0.259 e. The highest BCUT2D eigenvalue weighted by Gasteiger charge is 2.32. The summed E-state index contributed by atoms with van der Waals surface area (Å²) < 4.78 is 190. The second-order valence-electron chi connectivity index (χ2n) is 39.2. The summed E-state index contributed by atoms with van der Waals surface area (Å²) in [6.45, 7) is 63.1. The van der Waals surface area contributed by atoms with Crippen molar-refractivity contribution >= 4 is 160 Å². The van der Waals surface area contributed by atoms with E-state index >= 15 is 0 Å². The lowest BCUT2D eigenvalue weighted by molar-refractivity contribution is 0.438. The first-order chi connectivity index (χ1) is 61.6. The molecule has 35 heteroatoms. The maximum absolute atomic E-state index is 12.7. The minimum absolute atomic E-state index is 0.0206. The Labute approximate surface area is 834 Å². The van der Waals surface area contributed by atoms with Crippen LogP contribution in [0.5, 0.6) is 0 Å². The van der Waals surface area contributed by atoms with Gasteiger partial charge in [-0.3, -0.25) is 0 Å². The van der Waals surface area contributed by atoms with E-state index in [4.69, 9.17) is 58.0 Å². The van der Waals surface area contributed by atoms with Gasteiger partial charge in [0.05, 0.1) is 29.8 Å². The molecule has 0 fully saturated rings. The number of nitrogens with zero attached hydrogens (tertiary/aromatic N) is 2. The molecular weight excluding hydrogens is 1950 g/mol. The molecule has 0 unspecified atom stereocenters. The average Bonchev–Trinajstić information content (AvgIpc) is 0.766. The van der Waals surface area contributed by atoms with E-state index in [1.807, 2.05) is 168 Å². The highest BCUT2D eigenvalue weighted by atomic mass is 35.5. The van der Waals surface area contributed by atoms with Crippen LogP contribution in [-0.2, 0) is 70.2 Å². The van der Waals surface area contributed by atoms with E-state index in [2.05, 4.69) is 98.4 Å². The third-order valence-electron chi connectivity index (χ3n) is 20.4. The third-order valence-corrected chi connectivity index (χ3v) is 34.9. The Kier molecular flexibility index (Phi) is 44.7. The van der Waals surface area contributed by atoms with Gasteiger partial charge in [0.1, 0.15) is 9.79 Å². The van der Waals surface area contributed by atoms with Gasteiger partial charge in [0, 0.05) is 79.4 Å². The van der Waals surface area contributed by atoms with E-state index < -0.39 is 86.8 Å². The van der Waals surface area contributed by atoms with Crippen LogP contribution in [-0.4, -0.2) is 110 Å². The Morgan fingerprint density at radius 2 is 0.585 bits per heavy atom. The highest BCUT2D eigenvalue weighted by Crippen LogP contribution is 2.39. The molecule has 8 aromatic carbocycles. The minimum atomic E-state index is -3.66. The number of nitrogens with one attached hydrogen (secondary N) is 7. The number of halogens is 5. The van der Waals surface area contributed by atoms with Gasteiger partial charge in [0.25, 0.3) is 20.0 Å². The first-order valence-corrected chi connectivity index (χ1v) is 57.2. The van der Waals surface area contributed by atoms with E-state index in [1.54, 1.807) is 145 Å². The summed E-state index contributed by atoms with van der Waals surface area (Å²) in [4.78, 5) is 9.44. The van der Waals surface area contributed by atoms with Crippen molar-refractivity contribution in [2.24, 2.45) is 0 Å². The first-order valence-electron chi connectivity index (χ1n) is 45.0. The van der Waals surface area contributed by atoms with Crippen LogP contribution in [0.3, 0.4) is 0 Å². The van der Waals surface area contributed by atoms with E-state index in [0.717, 1.165) is 60.5 Å². The topological polar surface area (TPSA) is 349 Å². The van der Waals surface area contributed by atoms with Crippen LogP contribution in [0, 0.1) is 13.8 Å². The predicted octanol–water partition coefficient (Wildman–Crippen LogP) is 25.2. The van der Waals surface area contributed by atoms with Crippen molar-refractivity contribution in [1.29, 1.82) is 0 Å². The molecule has 10 rings (SSSR count). The standard InChI is InChI=1S/C17H24N2O2S.C16H21NO2S.C15H20N2O2S.C14H22ClNO2S.2C13H20ClNO2S.C12H17Cl2NO2S/c1-6-17(4,5)19-22(20,21)16-14-10-8-7-9-13(14)15(11-18-16)12(2)3;1-11(2)13-9-10-16(20(18,19)17-12(3)4)15-8-6-5-7-14(13)15;1-10(2)14-9-16-15(20(18,19)17-11(3)4)13-8-6-5-7-12(13)14;1-9(2)11-7-8-12(13(15)10(11)3)19(17,18)16-14(4,5)6;1-9(2)11-7-6-10(8-12(11)14)18(16,17)15-13(3,4)5;1-8(2)11-6-7-12(10(5)13(11)14)18(16,17)15-9(3)4;1-7(2)9-5-6-10(12(14)11(9)13)18(16,17)15-8(3)4/h7-12,19H,6H2,1-5H3;5-12,17H,1-4H3;5-11,17H,1-4H3;7-9,16H,1-6H3;2*6-9,15H,1-5H3;5-8,15H,1-4H3. The molecule has 0 spiro atoms. The molecule has 2 heterocycles. The van der Waals surface area contributed by atoms with E-state index in [1.165, 1.54) is 17.7 Å². The smallest absolute Gasteiger partial charge is 0.243 e.